The fourth-order valence-electron chi connectivity index (χ4n) is 7.07. The second kappa shape index (κ2) is 5.83. The predicted molar refractivity (Wildman–Crippen MR) is 106 cm³/mol. The van der Waals surface area contributed by atoms with Crippen LogP contribution in [0.25, 0.3) is 5.70 Å². The van der Waals surface area contributed by atoms with Crippen LogP contribution < -0.4 is 0 Å². The third kappa shape index (κ3) is 2.12. The first-order valence-corrected chi connectivity index (χ1v) is 10.5. The van der Waals surface area contributed by atoms with E-state index in [0.717, 1.165) is 25.7 Å². The lowest BCUT2D eigenvalue weighted by molar-refractivity contribution is -0.135. The summed E-state index contributed by atoms with van der Waals surface area (Å²) in [4.78, 5) is 18.4. The van der Waals surface area contributed by atoms with Crippen LogP contribution in [0, 0.1) is 39.9 Å². The van der Waals surface area contributed by atoms with Gasteiger partial charge >= 0.3 is 0 Å². The van der Waals surface area contributed by atoms with Crippen molar-refractivity contribution in [2.24, 2.45) is 28.6 Å². The molecule has 1 aliphatic heterocycles. The van der Waals surface area contributed by atoms with E-state index in [0.29, 0.717) is 29.9 Å². The Morgan fingerprint density at radius 3 is 2.68 bits per heavy atom. The first-order chi connectivity index (χ1) is 13.4. The number of carbonyl (C=O) groups excluding carboxylic acids is 1. The molecule has 1 saturated carbocycles. The van der Waals surface area contributed by atoms with Crippen molar-refractivity contribution in [3.8, 4) is 6.07 Å². The second-order valence-corrected chi connectivity index (χ2v) is 9.61. The fourth-order valence-corrected chi connectivity index (χ4v) is 7.07. The Bertz CT molecular complexity index is 950. The Kier molecular flexibility index (Phi) is 3.69. The number of hydrogen-bond donors (Lipinski definition) is 0. The van der Waals surface area contributed by atoms with Crippen LogP contribution in [0.3, 0.4) is 0 Å². The first kappa shape index (κ1) is 17.7. The second-order valence-electron chi connectivity index (χ2n) is 9.61. The van der Waals surface area contributed by atoms with E-state index >= 15 is 0 Å². The molecule has 0 spiro atoms. The number of hydrogen-bond acceptors (Lipinski definition) is 3. The lowest BCUT2D eigenvalue weighted by Gasteiger charge is -2.58. The number of amides is 1. The number of aromatic nitrogens is 2. The van der Waals surface area contributed by atoms with Crippen molar-refractivity contribution in [3.05, 3.63) is 36.1 Å². The number of nitriles is 1. The number of fused-ring (bicyclic) bond motifs is 5. The van der Waals surface area contributed by atoms with E-state index in [-0.39, 0.29) is 16.7 Å². The van der Waals surface area contributed by atoms with Crippen molar-refractivity contribution in [2.75, 3.05) is 7.05 Å². The van der Waals surface area contributed by atoms with Crippen LogP contribution >= 0.6 is 0 Å². The van der Waals surface area contributed by atoms with Gasteiger partial charge in [-0.05, 0) is 49.9 Å². The van der Waals surface area contributed by atoms with Gasteiger partial charge < -0.3 is 4.90 Å². The number of piperidine rings is 1. The summed E-state index contributed by atoms with van der Waals surface area (Å²) >= 11 is 0. The standard InChI is InChI=1S/C23H28N4O/c1-22-11-9-21(28)26(3)19(22)6-4-16-17-5-7-20(23(17,2)10-8-18(16)22)27-14-25-13-15(27)12-24/h6-7,13-14,16-18H,4-5,8-11H2,1-3H3/t16?,17-,18-,22+,23-/m0/s1. The SMILES string of the molecule is CN1C(=O)CC[C@@]2(C)C1=CCC1[C@@H]2CC[C@]2(C)C(n3cncc3C#N)=CC[C@@H]12. The molecule has 0 bridgehead atoms. The van der Waals surface area contributed by atoms with E-state index in [1.165, 1.54) is 17.8 Å². The molecule has 5 atom stereocenters. The molecule has 5 nitrogen and oxygen atoms in total. The molecule has 2 fully saturated rings. The molecule has 1 amide bonds. The quantitative estimate of drug-likeness (QED) is 0.738. The molecule has 1 unspecified atom stereocenters. The van der Waals surface area contributed by atoms with Crippen molar-refractivity contribution >= 4 is 11.6 Å². The van der Waals surface area contributed by atoms with Gasteiger partial charge in [-0.3, -0.25) is 9.36 Å². The highest BCUT2D eigenvalue weighted by Gasteiger charge is 2.58. The number of imidazole rings is 1. The van der Waals surface area contributed by atoms with Crippen molar-refractivity contribution in [1.29, 1.82) is 5.26 Å². The minimum absolute atomic E-state index is 0.0888. The molecule has 4 aliphatic rings. The van der Waals surface area contributed by atoms with Crippen LogP contribution in [0.15, 0.2) is 30.4 Å². The average Bonchev–Trinajstić information content (AvgIpc) is 3.28. The van der Waals surface area contributed by atoms with Crippen LogP contribution in [0.1, 0.15) is 58.1 Å². The molecule has 0 N–H and O–H groups in total. The van der Waals surface area contributed by atoms with E-state index in [1.54, 1.807) is 12.5 Å². The summed E-state index contributed by atoms with van der Waals surface area (Å²) in [5.74, 6) is 2.12. The maximum atomic E-state index is 12.3. The zero-order chi connectivity index (χ0) is 19.7. The van der Waals surface area contributed by atoms with Gasteiger partial charge in [-0.2, -0.15) is 5.26 Å². The number of carbonyl (C=O) groups is 1. The Balaban J connectivity index is 1.50. The third-order valence-electron chi connectivity index (χ3n) is 8.57. The number of rotatable bonds is 1. The van der Waals surface area contributed by atoms with Crippen LogP contribution in [-0.4, -0.2) is 27.4 Å². The first-order valence-electron chi connectivity index (χ1n) is 10.5. The van der Waals surface area contributed by atoms with Crippen molar-refractivity contribution in [1.82, 2.24) is 14.5 Å². The fraction of sp³-hybridized carbons (Fsp3) is 0.609. The summed E-state index contributed by atoms with van der Waals surface area (Å²) in [6, 6.07) is 2.29. The molecule has 0 aromatic carbocycles. The van der Waals surface area contributed by atoms with Gasteiger partial charge in [-0.15, -0.1) is 0 Å². The Labute approximate surface area is 166 Å². The smallest absolute Gasteiger partial charge is 0.226 e. The number of nitrogens with zero attached hydrogens (tertiary/aromatic N) is 4. The third-order valence-corrected chi connectivity index (χ3v) is 8.57. The number of likely N-dealkylation sites (tertiary alicyclic amines) is 1. The largest absolute Gasteiger partial charge is 0.319 e. The summed E-state index contributed by atoms with van der Waals surface area (Å²) in [6.07, 6.45) is 14.3. The highest BCUT2D eigenvalue weighted by atomic mass is 16.2. The van der Waals surface area contributed by atoms with Gasteiger partial charge in [0, 0.05) is 35.7 Å². The molecule has 1 saturated heterocycles. The molecular weight excluding hydrogens is 348 g/mol. The summed E-state index contributed by atoms with van der Waals surface area (Å²) in [7, 11) is 1.95. The van der Waals surface area contributed by atoms with E-state index in [1.807, 2.05) is 16.5 Å². The molecule has 2 heterocycles. The molecule has 28 heavy (non-hydrogen) atoms. The highest BCUT2D eigenvalue weighted by Crippen LogP contribution is 2.65. The van der Waals surface area contributed by atoms with Crippen molar-refractivity contribution in [3.63, 3.8) is 0 Å². The lowest BCUT2D eigenvalue weighted by Crippen LogP contribution is -2.53. The molecule has 3 aliphatic carbocycles. The monoisotopic (exact) mass is 376 g/mol. The van der Waals surface area contributed by atoms with Gasteiger partial charge in [0.05, 0.1) is 12.5 Å². The lowest BCUT2D eigenvalue weighted by atomic mass is 9.49. The van der Waals surface area contributed by atoms with Gasteiger partial charge in [0.15, 0.2) is 0 Å². The summed E-state index contributed by atoms with van der Waals surface area (Å²) in [5, 5.41) is 9.47. The van der Waals surface area contributed by atoms with Gasteiger partial charge in [0.2, 0.25) is 5.91 Å². The molecular formula is C23H28N4O. The minimum Gasteiger partial charge on any atom is -0.319 e. The number of allylic oxidation sites excluding steroid dienone is 4. The molecule has 5 heteroatoms. The molecule has 1 aromatic rings. The van der Waals surface area contributed by atoms with Gasteiger partial charge in [-0.25, -0.2) is 4.98 Å². The van der Waals surface area contributed by atoms with Crippen molar-refractivity contribution in [2.45, 2.75) is 52.4 Å². The van der Waals surface area contributed by atoms with E-state index in [9.17, 15) is 10.1 Å². The normalized spacial score (nSPS) is 39.4. The van der Waals surface area contributed by atoms with E-state index < -0.39 is 0 Å². The Morgan fingerprint density at radius 1 is 1.14 bits per heavy atom. The summed E-state index contributed by atoms with van der Waals surface area (Å²) in [6.45, 7) is 4.79. The van der Waals surface area contributed by atoms with E-state index in [4.69, 9.17) is 0 Å². The van der Waals surface area contributed by atoms with Crippen LogP contribution in [0.4, 0.5) is 0 Å². The van der Waals surface area contributed by atoms with E-state index in [2.05, 4.69) is 37.1 Å². The predicted octanol–water partition coefficient (Wildman–Crippen LogP) is 4.19. The molecule has 146 valence electrons. The molecule has 1 aromatic heterocycles. The van der Waals surface area contributed by atoms with Crippen LogP contribution in [-0.2, 0) is 4.79 Å². The molecule has 0 radical (unpaired) electrons. The zero-order valence-corrected chi connectivity index (χ0v) is 17.0. The summed E-state index contributed by atoms with van der Waals surface area (Å²) in [5.41, 5.74) is 3.36. The maximum Gasteiger partial charge on any atom is 0.226 e. The van der Waals surface area contributed by atoms with Crippen LogP contribution in [0.5, 0.6) is 0 Å². The Morgan fingerprint density at radius 2 is 1.89 bits per heavy atom. The highest BCUT2D eigenvalue weighted by molar-refractivity contribution is 5.79. The zero-order valence-electron chi connectivity index (χ0n) is 17.0. The molecule has 5 rings (SSSR count). The topological polar surface area (TPSA) is 61.9 Å². The van der Waals surface area contributed by atoms with Gasteiger partial charge in [-0.1, -0.05) is 26.0 Å². The summed E-state index contributed by atoms with van der Waals surface area (Å²) < 4.78 is 2.01. The maximum absolute atomic E-state index is 12.3. The average molecular weight is 377 g/mol. The Hall–Kier alpha value is -2.35. The van der Waals surface area contributed by atoms with Gasteiger partial charge in [0.25, 0.3) is 0 Å². The minimum atomic E-state index is 0.0888. The van der Waals surface area contributed by atoms with Crippen LogP contribution in [0.2, 0.25) is 0 Å². The van der Waals surface area contributed by atoms with Crippen molar-refractivity contribution < 1.29 is 4.79 Å². The van der Waals surface area contributed by atoms with Gasteiger partial charge in [0.1, 0.15) is 11.8 Å².